The number of carbonyl (C=O) groups is 2. The van der Waals surface area contributed by atoms with Crippen molar-refractivity contribution >= 4 is 11.8 Å². The van der Waals surface area contributed by atoms with Crippen LogP contribution in [0.1, 0.15) is 58.6 Å². The van der Waals surface area contributed by atoms with Gasteiger partial charge in [-0.05, 0) is 43.9 Å². The molecule has 2 bridgehead atoms. The zero-order chi connectivity index (χ0) is 22.7. The van der Waals surface area contributed by atoms with Crippen LogP contribution in [0.25, 0.3) is 0 Å². The van der Waals surface area contributed by atoms with Crippen LogP contribution in [0.15, 0.2) is 29.2 Å². The third-order valence-corrected chi connectivity index (χ3v) is 6.43. The number of aromatic hydroxyl groups is 1. The standard InChI is InChI=1S/C22H21F2N3O5/c1-10(11-4-12(23)6-13(24)5-11)25-21(30)16-8-26-9-17-27(14-2-3-15(7-14)32-17)22(31)18(26)20(29)19(16)28/h4-6,8,10,14-15,17,29H,2-3,7,9H2,1H3,(H,25,30)/t10-,14+,15-,17-/m0/s1. The van der Waals surface area contributed by atoms with Crippen LogP contribution in [0.4, 0.5) is 8.78 Å². The van der Waals surface area contributed by atoms with Crippen molar-refractivity contribution in [2.75, 3.05) is 0 Å². The molecule has 3 aliphatic rings. The van der Waals surface area contributed by atoms with Crippen molar-refractivity contribution in [2.24, 2.45) is 0 Å². The number of carbonyl (C=O) groups excluding carboxylic acids is 2. The van der Waals surface area contributed by atoms with Crippen molar-refractivity contribution in [1.29, 1.82) is 0 Å². The van der Waals surface area contributed by atoms with Gasteiger partial charge in [-0.3, -0.25) is 14.4 Å². The summed E-state index contributed by atoms with van der Waals surface area (Å²) in [6, 6.07) is 2.06. The number of ether oxygens (including phenoxy) is 1. The van der Waals surface area contributed by atoms with E-state index < -0.39 is 46.9 Å². The van der Waals surface area contributed by atoms with Gasteiger partial charge in [0, 0.05) is 18.3 Å². The van der Waals surface area contributed by atoms with Gasteiger partial charge in [0.25, 0.3) is 11.8 Å². The molecule has 0 radical (unpaired) electrons. The molecule has 10 heteroatoms. The monoisotopic (exact) mass is 445 g/mol. The quantitative estimate of drug-likeness (QED) is 0.753. The van der Waals surface area contributed by atoms with Gasteiger partial charge >= 0.3 is 0 Å². The number of aromatic nitrogens is 1. The summed E-state index contributed by atoms with van der Waals surface area (Å²) < 4.78 is 34.3. The smallest absolute Gasteiger partial charge is 0.276 e. The van der Waals surface area contributed by atoms with Crippen molar-refractivity contribution in [3.8, 4) is 5.75 Å². The first-order valence-corrected chi connectivity index (χ1v) is 10.4. The third kappa shape index (κ3) is 3.26. The van der Waals surface area contributed by atoms with Crippen molar-refractivity contribution in [1.82, 2.24) is 14.8 Å². The lowest BCUT2D eigenvalue weighted by Crippen LogP contribution is -2.57. The molecule has 2 N–H and O–H groups in total. The highest BCUT2D eigenvalue weighted by atomic mass is 19.1. The Kier molecular flexibility index (Phi) is 4.77. The van der Waals surface area contributed by atoms with Crippen molar-refractivity contribution in [3.05, 3.63) is 63.1 Å². The molecule has 5 rings (SSSR count). The molecule has 1 aromatic heterocycles. The number of nitrogens with one attached hydrogen (secondary N) is 1. The fraction of sp³-hybridized carbons (Fsp3) is 0.409. The van der Waals surface area contributed by atoms with Crippen LogP contribution < -0.4 is 10.7 Å². The van der Waals surface area contributed by atoms with Crippen LogP contribution in [0.5, 0.6) is 5.75 Å². The van der Waals surface area contributed by atoms with E-state index in [1.807, 2.05) is 0 Å². The molecule has 2 fully saturated rings. The molecule has 2 aromatic rings. The molecule has 2 aliphatic heterocycles. The molecular formula is C22H21F2N3O5. The Morgan fingerprint density at radius 1 is 1.22 bits per heavy atom. The second-order valence-electron chi connectivity index (χ2n) is 8.51. The Morgan fingerprint density at radius 2 is 1.94 bits per heavy atom. The summed E-state index contributed by atoms with van der Waals surface area (Å²) in [5.74, 6) is -3.73. The number of halogens is 2. The lowest BCUT2D eigenvalue weighted by atomic mass is 10.1. The lowest BCUT2D eigenvalue weighted by Gasteiger charge is -2.44. The highest BCUT2D eigenvalue weighted by Gasteiger charge is 2.47. The number of pyridine rings is 1. The molecule has 2 amide bonds. The molecule has 4 atom stereocenters. The van der Waals surface area contributed by atoms with Crippen LogP contribution in [0, 0.1) is 11.6 Å². The number of nitrogens with zero attached hydrogens (tertiary/aromatic N) is 2. The number of hydrogen-bond acceptors (Lipinski definition) is 5. The van der Waals surface area contributed by atoms with Gasteiger partial charge in [-0.25, -0.2) is 8.78 Å². The minimum Gasteiger partial charge on any atom is -0.503 e. The summed E-state index contributed by atoms with van der Waals surface area (Å²) >= 11 is 0. The fourth-order valence-corrected chi connectivity index (χ4v) is 4.90. The normalized spacial score (nSPS) is 24.7. The van der Waals surface area contributed by atoms with E-state index >= 15 is 0 Å². The van der Waals surface area contributed by atoms with Gasteiger partial charge < -0.3 is 24.6 Å². The van der Waals surface area contributed by atoms with Gasteiger partial charge in [0.1, 0.15) is 17.2 Å². The summed E-state index contributed by atoms with van der Waals surface area (Å²) in [5.41, 5.74) is -1.36. The van der Waals surface area contributed by atoms with Gasteiger partial charge in [-0.15, -0.1) is 0 Å². The molecule has 1 saturated heterocycles. The summed E-state index contributed by atoms with van der Waals surface area (Å²) in [4.78, 5) is 40.2. The van der Waals surface area contributed by atoms with Gasteiger partial charge in [0.2, 0.25) is 5.43 Å². The molecule has 1 aliphatic carbocycles. The zero-order valence-corrected chi connectivity index (χ0v) is 17.2. The SMILES string of the molecule is C[C@H](NC(=O)c1cn2c(c(O)c1=O)C(=O)N1[C@@H]3CC[C@@H](C3)O[C@H]1C2)c1cc(F)cc(F)c1. The van der Waals surface area contributed by atoms with Gasteiger partial charge in [0.05, 0.1) is 18.7 Å². The topological polar surface area (TPSA) is 101 Å². The third-order valence-electron chi connectivity index (χ3n) is 6.43. The lowest BCUT2D eigenvalue weighted by molar-refractivity contribution is -0.132. The molecular weight excluding hydrogens is 424 g/mol. The Bertz CT molecular complexity index is 1180. The first kappa shape index (κ1) is 20.6. The van der Waals surface area contributed by atoms with Crippen LogP contribution in [-0.2, 0) is 11.3 Å². The fourth-order valence-electron chi connectivity index (χ4n) is 4.90. The summed E-state index contributed by atoms with van der Waals surface area (Å²) in [5, 5.41) is 13.0. The molecule has 0 spiro atoms. The van der Waals surface area contributed by atoms with Crippen LogP contribution >= 0.6 is 0 Å². The number of amides is 2. The van der Waals surface area contributed by atoms with E-state index in [4.69, 9.17) is 4.74 Å². The molecule has 8 nitrogen and oxygen atoms in total. The Balaban J connectivity index is 1.46. The Labute approximate surface area is 181 Å². The Morgan fingerprint density at radius 3 is 2.66 bits per heavy atom. The maximum atomic E-state index is 13.5. The molecule has 0 unspecified atom stereocenters. The minimum absolute atomic E-state index is 0.00462. The van der Waals surface area contributed by atoms with Crippen molar-refractivity contribution in [3.63, 3.8) is 0 Å². The number of fused-ring (bicyclic) bond motifs is 5. The Hall–Kier alpha value is -3.27. The van der Waals surface area contributed by atoms with E-state index in [1.54, 1.807) is 4.90 Å². The average Bonchev–Trinajstić information content (AvgIpc) is 3.10. The molecule has 3 heterocycles. The molecule has 168 valence electrons. The van der Waals surface area contributed by atoms with Crippen LogP contribution in [-0.4, -0.2) is 44.8 Å². The predicted octanol–water partition coefficient (Wildman–Crippen LogP) is 2.06. The summed E-state index contributed by atoms with van der Waals surface area (Å²) in [6.45, 7) is 1.68. The predicted molar refractivity (Wildman–Crippen MR) is 107 cm³/mol. The average molecular weight is 445 g/mol. The van der Waals surface area contributed by atoms with Crippen LogP contribution in [0.3, 0.4) is 0 Å². The van der Waals surface area contributed by atoms with Crippen molar-refractivity contribution in [2.45, 2.75) is 57.1 Å². The maximum Gasteiger partial charge on any atom is 0.276 e. The van der Waals surface area contributed by atoms with E-state index in [2.05, 4.69) is 5.32 Å². The molecule has 1 aromatic carbocycles. The van der Waals surface area contributed by atoms with Gasteiger partial charge in [-0.2, -0.15) is 0 Å². The van der Waals surface area contributed by atoms with E-state index in [1.165, 1.54) is 17.7 Å². The van der Waals surface area contributed by atoms with E-state index in [9.17, 15) is 28.3 Å². The van der Waals surface area contributed by atoms with Gasteiger partial charge in [0.15, 0.2) is 17.7 Å². The second-order valence-corrected chi connectivity index (χ2v) is 8.51. The number of rotatable bonds is 3. The largest absolute Gasteiger partial charge is 0.503 e. The van der Waals surface area contributed by atoms with Gasteiger partial charge in [-0.1, -0.05) is 0 Å². The molecule has 32 heavy (non-hydrogen) atoms. The summed E-state index contributed by atoms with van der Waals surface area (Å²) in [6.07, 6.45) is 3.13. The number of hydrogen-bond donors (Lipinski definition) is 2. The highest BCUT2D eigenvalue weighted by Crippen LogP contribution is 2.38. The first-order valence-electron chi connectivity index (χ1n) is 10.4. The minimum atomic E-state index is -0.986. The van der Waals surface area contributed by atoms with E-state index in [0.29, 0.717) is 6.07 Å². The first-order chi connectivity index (χ1) is 15.2. The van der Waals surface area contributed by atoms with Crippen LogP contribution in [0.2, 0.25) is 0 Å². The second kappa shape index (κ2) is 7.40. The van der Waals surface area contributed by atoms with E-state index in [0.717, 1.165) is 31.4 Å². The van der Waals surface area contributed by atoms with Crippen molar-refractivity contribution < 1.29 is 28.2 Å². The van der Waals surface area contributed by atoms with E-state index in [-0.39, 0.29) is 35.5 Å². The molecule has 1 saturated carbocycles. The maximum absolute atomic E-state index is 13.5. The number of benzene rings is 1. The summed E-state index contributed by atoms with van der Waals surface area (Å²) in [7, 11) is 0. The zero-order valence-electron chi connectivity index (χ0n) is 17.2. The highest BCUT2D eigenvalue weighted by molar-refractivity contribution is 5.99.